The van der Waals surface area contributed by atoms with Crippen LogP contribution in [0, 0.1) is 0 Å². The average molecular weight is 368 g/mol. The van der Waals surface area contributed by atoms with Crippen molar-refractivity contribution in [2.45, 2.75) is 6.54 Å². The molecule has 0 unspecified atom stereocenters. The molecule has 0 bridgehead atoms. The monoisotopic (exact) mass is 368 g/mol. The van der Waals surface area contributed by atoms with Crippen LogP contribution in [0.15, 0.2) is 60.1 Å². The van der Waals surface area contributed by atoms with Crippen molar-refractivity contribution in [2.24, 2.45) is 0 Å². The van der Waals surface area contributed by atoms with Gasteiger partial charge in [0.25, 0.3) is 17.7 Å². The Morgan fingerprint density at radius 2 is 1.65 bits per heavy atom. The van der Waals surface area contributed by atoms with E-state index in [1.54, 1.807) is 48.7 Å². The van der Waals surface area contributed by atoms with Crippen molar-refractivity contribution in [2.75, 3.05) is 0 Å². The van der Waals surface area contributed by atoms with E-state index in [4.69, 9.17) is 0 Å². The molecule has 0 saturated carbocycles. The number of aromatic nitrogens is 1. The van der Waals surface area contributed by atoms with Crippen LogP contribution in [0.5, 0.6) is 0 Å². The molecule has 0 aliphatic carbocycles. The summed E-state index contributed by atoms with van der Waals surface area (Å²) in [7, 11) is 0. The van der Waals surface area contributed by atoms with Crippen LogP contribution >= 0.6 is 11.3 Å². The van der Waals surface area contributed by atoms with Gasteiger partial charge in [0, 0.05) is 18.3 Å². The number of aromatic amines is 1. The highest BCUT2D eigenvalue weighted by Crippen LogP contribution is 2.09. The highest BCUT2D eigenvalue weighted by Gasteiger charge is 2.10. The summed E-state index contributed by atoms with van der Waals surface area (Å²) in [6.45, 7) is 0.363. The number of hydrogen-bond acceptors (Lipinski definition) is 4. The van der Waals surface area contributed by atoms with Gasteiger partial charge >= 0.3 is 0 Å². The number of hydrazine groups is 1. The molecule has 2 heterocycles. The Morgan fingerprint density at radius 3 is 2.31 bits per heavy atom. The molecule has 2 aromatic heterocycles. The van der Waals surface area contributed by atoms with Gasteiger partial charge in [0.15, 0.2) is 0 Å². The number of H-pyrrole nitrogens is 1. The van der Waals surface area contributed by atoms with Gasteiger partial charge in [-0.1, -0.05) is 18.2 Å². The molecule has 1 aromatic carbocycles. The van der Waals surface area contributed by atoms with Crippen LogP contribution < -0.4 is 16.2 Å². The minimum absolute atomic E-state index is 0.131. The van der Waals surface area contributed by atoms with Crippen LogP contribution in [-0.4, -0.2) is 22.7 Å². The molecule has 0 aliphatic rings. The Morgan fingerprint density at radius 1 is 0.885 bits per heavy atom. The topological polar surface area (TPSA) is 103 Å². The van der Waals surface area contributed by atoms with Crippen molar-refractivity contribution >= 4 is 29.1 Å². The Kier molecular flexibility index (Phi) is 5.45. The van der Waals surface area contributed by atoms with Crippen molar-refractivity contribution in [1.29, 1.82) is 0 Å². The summed E-state index contributed by atoms with van der Waals surface area (Å²) in [5.74, 6) is -0.996. The minimum Gasteiger partial charge on any atom is -0.357 e. The number of nitrogens with one attached hydrogen (secondary N) is 4. The number of benzene rings is 1. The van der Waals surface area contributed by atoms with Crippen LogP contribution in [0.3, 0.4) is 0 Å². The zero-order chi connectivity index (χ0) is 18.4. The SMILES string of the molecule is O=C(NNC(=O)c1ccc[nH]1)c1ccc(CNC(=O)c2cccs2)cc1. The van der Waals surface area contributed by atoms with Gasteiger partial charge in [0.2, 0.25) is 0 Å². The number of rotatable bonds is 5. The van der Waals surface area contributed by atoms with Gasteiger partial charge in [-0.3, -0.25) is 25.2 Å². The number of carbonyl (C=O) groups excluding carboxylic acids is 3. The Bertz CT molecular complexity index is 887. The molecule has 0 fully saturated rings. The lowest BCUT2D eigenvalue weighted by molar-refractivity contribution is 0.0844. The van der Waals surface area contributed by atoms with Crippen LogP contribution in [0.1, 0.15) is 36.1 Å². The number of carbonyl (C=O) groups is 3. The Hall–Kier alpha value is -3.39. The first kappa shape index (κ1) is 17.4. The molecule has 0 spiro atoms. The summed E-state index contributed by atoms with van der Waals surface area (Å²) in [5.41, 5.74) is 6.28. The molecule has 0 radical (unpaired) electrons. The standard InChI is InChI=1S/C18H16N4O3S/c23-16(21-22-17(24)14-3-1-9-19-14)13-7-5-12(6-8-13)11-20-18(25)15-4-2-10-26-15/h1-10,19H,11H2,(H,20,25)(H,21,23)(H,22,24). The average Bonchev–Trinajstić information content (AvgIpc) is 3.38. The fourth-order valence-electron chi connectivity index (χ4n) is 2.18. The van der Waals surface area contributed by atoms with Gasteiger partial charge in [-0.25, -0.2) is 0 Å². The first-order valence-corrected chi connectivity index (χ1v) is 8.66. The maximum absolute atomic E-state index is 12.0. The predicted molar refractivity (Wildman–Crippen MR) is 97.7 cm³/mol. The molecule has 4 N–H and O–H groups in total. The maximum Gasteiger partial charge on any atom is 0.286 e. The molecule has 132 valence electrons. The fourth-order valence-corrected chi connectivity index (χ4v) is 2.82. The van der Waals surface area contributed by atoms with Gasteiger partial charge in [0.1, 0.15) is 5.69 Å². The molecule has 8 heteroatoms. The van der Waals surface area contributed by atoms with E-state index in [1.165, 1.54) is 11.3 Å². The summed E-state index contributed by atoms with van der Waals surface area (Å²) in [6.07, 6.45) is 1.62. The molecule has 7 nitrogen and oxygen atoms in total. The van der Waals surface area contributed by atoms with Gasteiger partial charge in [0.05, 0.1) is 4.88 Å². The molecule has 3 amide bonds. The highest BCUT2D eigenvalue weighted by molar-refractivity contribution is 7.12. The molecular weight excluding hydrogens is 352 g/mol. The summed E-state index contributed by atoms with van der Waals surface area (Å²) >= 11 is 1.38. The highest BCUT2D eigenvalue weighted by atomic mass is 32.1. The normalized spacial score (nSPS) is 10.2. The van der Waals surface area contributed by atoms with E-state index >= 15 is 0 Å². The molecular formula is C18H16N4O3S. The van der Waals surface area contributed by atoms with E-state index in [2.05, 4.69) is 21.2 Å². The summed E-state index contributed by atoms with van der Waals surface area (Å²) in [4.78, 5) is 39.1. The van der Waals surface area contributed by atoms with Crippen molar-refractivity contribution < 1.29 is 14.4 Å². The van der Waals surface area contributed by atoms with E-state index in [0.717, 1.165) is 5.56 Å². The second-order valence-electron chi connectivity index (χ2n) is 5.35. The summed E-state index contributed by atoms with van der Waals surface area (Å²) in [5, 5.41) is 4.66. The quantitative estimate of drug-likeness (QED) is 0.519. The predicted octanol–water partition coefficient (Wildman–Crippen LogP) is 2.08. The smallest absolute Gasteiger partial charge is 0.286 e. The lowest BCUT2D eigenvalue weighted by Gasteiger charge is -2.08. The fraction of sp³-hybridized carbons (Fsp3) is 0.0556. The lowest BCUT2D eigenvalue weighted by Crippen LogP contribution is -2.41. The zero-order valence-corrected chi connectivity index (χ0v) is 14.4. The van der Waals surface area contributed by atoms with Gasteiger partial charge in [-0.05, 0) is 41.3 Å². The third-order valence-corrected chi connectivity index (χ3v) is 4.41. The van der Waals surface area contributed by atoms with Crippen LogP contribution in [0.4, 0.5) is 0 Å². The zero-order valence-electron chi connectivity index (χ0n) is 13.6. The van der Waals surface area contributed by atoms with E-state index in [-0.39, 0.29) is 5.91 Å². The van der Waals surface area contributed by atoms with E-state index in [1.807, 2.05) is 11.4 Å². The van der Waals surface area contributed by atoms with E-state index in [9.17, 15) is 14.4 Å². The third-order valence-electron chi connectivity index (χ3n) is 3.55. The number of thiophene rings is 1. The third kappa shape index (κ3) is 4.37. The van der Waals surface area contributed by atoms with Crippen molar-refractivity contribution in [3.05, 3.63) is 81.8 Å². The maximum atomic E-state index is 12.0. The molecule has 0 saturated heterocycles. The molecule has 0 atom stereocenters. The number of amides is 3. The first-order valence-electron chi connectivity index (χ1n) is 7.78. The lowest BCUT2D eigenvalue weighted by atomic mass is 10.1. The number of hydrogen-bond donors (Lipinski definition) is 4. The Labute approximate surface area is 153 Å². The Balaban J connectivity index is 1.49. The molecule has 0 aliphatic heterocycles. The van der Waals surface area contributed by atoms with E-state index < -0.39 is 11.8 Å². The van der Waals surface area contributed by atoms with Gasteiger partial charge in [-0.2, -0.15) is 0 Å². The van der Waals surface area contributed by atoms with Crippen LogP contribution in [-0.2, 0) is 6.54 Å². The summed E-state index contributed by atoms with van der Waals surface area (Å²) in [6, 6.07) is 13.6. The van der Waals surface area contributed by atoms with Crippen LogP contribution in [0.25, 0.3) is 0 Å². The molecule has 26 heavy (non-hydrogen) atoms. The van der Waals surface area contributed by atoms with E-state index in [0.29, 0.717) is 22.7 Å². The summed E-state index contributed by atoms with van der Waals surface area (Å²) < 4.78 is 0. The van der Waals surface area contributed by atoms with Crippen molar-refractivity contribution in [3.63, 3.8) is 0 Å². The van der Waals surface area contributed by atoms with Crippen molar-refractivity contribution in [1.82, 2.24) is 21.2 Å². The second-order valence-corrected chi connectivity index (χ2v) is 6.30. The largest absolute Gasteiger partial charge is 0.357 e. The first-order chi connectivity index (χ1) is 12.6. The molecule has 3 rings (SSSR count). The van der Waals surface area contributed by atoms with Gasteiger partial charge < -0.3 is 10.3 Å². The van der Waals surface area contributed by atoms with Crippen molar-refractivity contribution in [3.8, 4) is 0 Å². The van der Waals surface area contributed by atoms with Gasteiger partial charge in [-0.15, -0.1) is 11.3 Å². The van der Waals surface area contributed by atoms with Crippen LogP contribution in [0.2, 0.25) is 0 Å². The second kappa shape index (κ2) is 8.13. The molecule has 3 aromatic rings. The minimum atomic E-state index is -0.434.